The van der Waals surface area contributed by atoms with E-state index in [1.54, 1.807) is 23.1 Å². The van der Waals surface area contributed by atoms with E-state index in [4.69, 9.17) is 28.0 Å². The fraction of sp³-hybridized carbons (Fsp3) is 0.467. The summed E-state index contributed by atoms with van der Waals surface area (Å²) in [6.07, 6.45) is 0.954. The van der Waals surface area contributed by atoms with Gasteiger partial charge in [-0.2, -0.15) is 0 Å². The van der Waals surface area contributed by atoms with Crippen LogP contribution in [0.2, 0.25) is 10.0 Å². The van der Waals surface area contributed by atoms with Gasteiger partial charge in [-0.05, 0) is 18.6 Å². The number of hydrogen-bond donors (Lipinski definition) is 1. The molecule has 22 heavy (non-hydrogen) atoms. The number of rotatable bonds is 5. The fourth-order valence-electron chi connectivity index (χ4n) is 2.38. The van der Waals surface area contributed by atoms with Crippen LogP contribution in [0.15, 0.2) is 23.4 Å². The van der Waals surface area contributed by atoms with E-state index in [0.29, 0.717) is 48.1 Å². The van der Waals surface area contributed by atoms with Gasteiger partial charge in [0.15, 0.2) is 0 Å². The molecule has 1 heterocycles. The van der Waals surface area contributed by atoms with E-state index >= 15 is 0 Å². The van der Waals surface area contributed by atoms with Crippen LogP contribution in [-0.4, -0.2) is 47.9 Å². The highest BCUT2D eigenvalue weighted by atomic mass is 35.5. The third-order valence-corrected chi connectivity index (χ3v) is 4.29. The van der Waals surface area contributed by atoms with E-state index in [9.17, 15) is 9.90 Å². The van der Waals surface area contributed by atoms with Gasteiger partial charge in [-0.25, -0.2) is 0 Å². The summed E-state index contributed by atoms with van der Waals surface area (Å²) >= 11 is 11.9. The number of aliphatic hydroxyl groups excluding tert-OH is 1. The maximum absolute atomic E-state index is 12.1. The Labute approximate surface area is 139 Å². The Hall–Kier alpha value is -1.30. The molecule has 2 rings (SSSR count). The molecule has 1 aliphatic rings. The molecule has 1 fully saturated rings. The molecular weight excluding hydrogens is 327 g/mol. The number of aliphatic hydroxyl groups is 1. The molecule has 7 heteroatoms. The fourth-order valence-corrected chi connectivity index (χ4v) is 2.68. The molecule has 1 amide bonds. The molecule has 0 radical (unpaired) electrons. The molecule has 1 aromatic carbocycles. The standard InChI is InChI=1S/C15H18Cl2N2O3/c1-22-18-14(10-2-3-12(16)13(17)8-10)4-5-15(21)19-7-6-11(20)9-19/h2-3,8,11,20H,4-7,9H2,1H3. The lowest BCUT2D eigenvalue weighted by Crippen LogP contribution is -2.29. The van der Waals surface area contributed by atoms with Crippen LogP contribution in [0.5, 0.6) is 0 Å². The first-order valence-electron chi connectivity index (χ1n) is 7.02. The number of halogens is 2. The Morgan fingerprint density at radius 3 is 2.77 bits per heavy atom. The summed E-state index contributed by atoms with van der Waals surface area (Å²) in [5.74, 6) is 0.000383. The third kappa shape index (κ3) is 4.35. The Morgan fingerprint density at radius 2 is 2.18 bits per heavy atom. The summed E-state index contributed by atoms with van der Waals surface area (Å²) < 4.78 is 0. The van der Waals surface area contributed by atoms with Gasteiger partial charge in [0, 0.05) is 31.5 Å². The van der Waals surface area contributed by atoms with E-state index in [0.717, 1.165) is 5.56 Å². The van der Waals surface area contributed by atoms with Gasteiger partial charge in [0.25, 0.3) is 0 Å². The zero-order valence-electron chi connectivity index (χ0n) is 12.3. The van der Waals surface area contributed by atoms with Crippen LogP contribution in [0.1, 0.15) is 24.8 Å². The van der Waals surface area contributed by atoms with Gasteiger partial charge in [-0.1, -0.05) is 34.4 Å². The number of hydrogen-bond acceptors (Lipinski definition) is 4. The van der Waals surface area contributed by atoms with Gasteiger partial charge in [0.2, 0.25) is 5.91 Å². The lowest BCUT2D eigenvalue weighted by Gasteiger charge is -2.15. The quantitative estimate of drug-likeness (QED) is 0.659. The molecule has 0 saturated carbocycles. The Balaban J connectivity index is 2.01. The van der Waals surface area contributed by atoms with E-state index in [-0.39, 0.29) is 5.91 Å². The van der Waals surface area contributed by atoms with Crippen LogP contribution < -0.4 is 0 Å². The molecule has 0 bridgehead atoms. The first-order valence-corrected chi connectivity index (χ1v) is 7.78. The maximum Gasteiger partial charge on any atom is 0.223 e. The van der Waals surface area contributed by atoms with Crippen molar-refractivity contribution in [3.05, 3.63) is 33.8 Å². The van der Waals surface area contributed by atoms with E-state index in [1.165, 1.54) is 7.11 Å². The molecular formula is C15H18Cl2N2O3. The first-order chi connectivity index (χ1) is 10.5. The Bertz CT molecular complexity index is 578. The maximum atomic E-state index is 12.1. The molecule has 1 unspecified atom stereocenters. The van der Waals surface area contributed by atoms with Crippen molar-refractivity contribution < 1.29 is 14.7 Å². The minimum atomic E-state index is -0.411. The molecule has 0 spiro atoms. The lowest BCUT2D eigenvalue weighted by atomic mass is 10.1. The molecule has 0 aliphatic carbocycles. The van der Waals surface area contributed by atoms with Crippen molar-refractivity contribution in [1.82, 2.24) is 4.90 Å². The topological polar surface area (TPSA) is 62.1 Å². The van der Waals surface area contributed by atoms with E-state index < -0.39 is 6.10 Å². The third-order valence-electron chi connectivity index (χ3n) is 3.55. The number of nitrogens with zero attached hydrogens (tertiary/aromatic N) is 2. The van der Waals surface area contributed by atoms with Crippen LogP contribution in [-0.2, 0) is 9.63 Å². The van der Waals surface area contributed by atoms with Gasteiger partial charge in [0.1, 0.15) is 7.11 Å². The zero-order chi connectivity index (χ0) is 16.1. The Kier molecular flexibility index (Phi) is 6.06. The van der Waals surface area contributed by atoms with Crippen molar-refractivity contribution >= 4 is 34.8 Å². The highest BCUT2D eigenvalue weighted by Gasteiger charge is 2.24. The van der Waals surface area contributed by atoms with Crippen LogP contribution in [0.3, 0.4) is 0 Å². The lowest BCUT2D eigenvalue weighted by molar-refractivity contribution is -0.130. The van der Waals surface area contributed by atoms with Crippen molar-refractivity contribution in [2.45, 2.75) is 25.4 Å². The van der Waals surface area contributed by atoms with Crippen LogP contribution in [0.25, 0.3) is 0 Å². The van der Waals surface area contributed by atoms with Crippen molar-refractivity contribution in [1.29, 1.82) is 0 Å². The van der Waals surface area contributed by atoms with Gasteiger partial charge in [-0.3, -0.25) is 4.79 Å². The van der Waals surface area contributed by atoms with Crippen LogP contribution in [0.4, 0.5) is 0 Å². The largest absolute Gasteiger partial charge is 0.399 e. The second kappa shape index (κ2) is 7.81. The van der Waals surface area contributed by atoms with Crippen LogP contribution in [0, 0.1) is 0 Å². The highest BCUT2D eigenvalue weighted by molar-refractivity contribution is 6.42. The molecule has 1 saturated heterocycles. The molecule has 1 aromatic rings. The molecule has 120 valence electrons. The minimum absolute atomic E-state index is 0.000383. The second-order valence-corrected chi connectivity index (χ2v) is 5.95. The zero-order valence-corrected chi connectivity index (χ0v) is 13.8. The first kappa shape index (κ1) is 17.1. The highest BCUT2D eigenvalue weighted by Crippen LogP contribution is 2.24. The van der Waals surface area contributed by atoms with E-state index in [2.05, 4.69) is 5.16 Å². The monoisotopic (exact) mass is 344 g/mol. The van der Waals surface area contributed by atoms with E-state index in [1.807, 2.05) is 0 Å². The number of oxime groups is 1. The number of β-amino-alcohol motifs (C(OH)–C–C–N with tert-alkyl or cyclic N) is 1. The molecule has 5 nitrogen and oxygen atoms in total. The number of carbonyl (C=O) groups is 1. The molecule has 1 N–H and O–H groups in total. The van der Waals surface area contributed by atoms with Gasteiger partial charge in [-0.15, -0.1) is 0 Å². The second-order valence-electron chi connectivity index (χ2n) is 5.13. The average Bonchev–Trinajstić information content (AvgIpc) is 2.93. The number of likely N-dealkylation sites (tertiary alicyclic amines) is 1. The average molecular weight is 345 g/mol. The summed E-state index contributed by atoms with van der Waals surface area (Å²) in [5.41, 5.74) is 1.40. The minimum Gasteiger partial charge on any atom is -0.399 e. The van der Waals surface area contributed by atoms with Gasteiger partial charge >= 0.3 is 0 Å². The predicted octanol–water partition coefficient (Wildman–Crippen LogP) is 2.72. The normalized spacial score (nSPS) is 18.6. The van der Waals surface area contributed by atoms with Gasteiger partial charge < -0.3 is 14.8 Å². The van der Waals surface area contributed by atoms with Crippen molar-refractivity contribution in [2.24, 2.45) is 5.16 Å². The van der Waals surface area contributed by atoms with Crippen molar-refractivity contribution in [3.63, 3.8) is 0 Å². The molecule has 1 atom stereocenters. The number of carbonyl (C=O) groups excluding carboxylic acids is 1. The summed E-state index contributed by atoms with van der Waals surface area (Å²) in [6, 6.07) is 5.17. The SMILES string of the molecule is CON=C(CCC(=O)N1CCC(O)C1)c1ccc(Cl)c(Cl)c1. The summed E-state index contributed by atoms with van der Waals surface area (Å²) in [4.78, 5) is 18.6. The van der Waals surface area contributed by atoms with Gasteiger partial charge in [0.05, 0.1) is 21.9 Å². The summed E-state index contributed by atoms with van der Waals surface area (Å²) in [7, 11) is 1.45. The van der Waals surface area contributed by atoms with Crippen molar-refractivity contribution in [2.75, 3.05) is 20.2 Å². The number of amides is 1. The summed E-state index contributed by atoms with van der Waals surface area (Å²) in [5, 5.41) is 14.3. The Morgan fingerprint density at radius 1 is 1.41 bits per heavy atom. The number of benzene rings is 1. The molecule has 1 aliphatic heterocycles. The molecule has 0 aromatic heterocycles. The van der Waals surface area contributed by atoms with Crippen molar-refractivity contribution in [3.8, 4) is 0 Å². The smallest absolute Gasteiger partial charge is 0.223 e. The predicted molar refractivity (Wildman–Crippen MR) is 86.4 cm³/mol. The van der Waals surface area contributed by atoms with Crippen LogP contribution >= 0.6 is 23.2 Å². The summed E-state index contributed by atoms with van der Waals surface area (Å²) in [6.45, 7) is 1.01.